The Balaban J connectivity index is 1.80. The molecule has 0 bridgehead atoms. The second kappa shape index (κ2) is 9.75. The maximum absolute atomic E-state index is 13.0. The van der Waals surface area contributed by atoms with Gasteiger partial charge in [-0.2, -0.15) is 0 Å². The number of aliphatic imine (C=N–C) groups is 1. The molecular formula is C23H30ClN3O4S. The van der Waals surface area contributed by atoms with Gasteiger partial charge in [0.25, 0.3) is 11.8 Å². The summed E-state index contributed by atoms with van der Waals surface area (Å²) in [6.45, 7) is 8.34. The predicted octanol–water partition coefficient (Wildman–Crippen LogP) is 3.35. The third kappa shape index (κ3) is 5.41. The van der Waals surface area contributed by atoms with E-state index in [0.717, 1.165) is 16.8 Å². The number of allylic oxidation sites excluding steroid dienone is 1. The number of carbonyl (C=O) groups is 2. The maximum atomic E-state index is 13.0. The summed E-state index contributed by atoms with van der Waals surface area (Å²) in [6, 6.07) is 3.53. The minimum Gasteiger partial charge on any atom is -0.368 e. The van der Waals surface area contributed by atoms with Crippen LogP contribution >= 0.6 is 11.6 Å². The SMILES string of the molecule is CCN(c1cc(Cl)cc(C(=O)NCC2C(=O)N=C(C)C=C2C)c1C)C1CCS(=O)(=O)CC1. The van der Waals surface area contributed by atoms with Gasteiger partial charge >= 0.3 is 0 Å². The zero-order valence-electron chi connectivity index (χ0n) is 18.9. The van der Waals surface area contributed by atoms with Crippen molar-refractivity contribution in [1.82, 2.24) is 5.32 Å². The van der Waals surface area contributed by atoms with E-state index in [2.05, 4.69) is 15.2 Å². The monoisotopic (exact) mass is 479 g/mol. The summed E-state index contributed by atoms with van der Waals surface area (Å²) in [7, 11) is -2.97. The van der Waals surface area contributed by atoms with Crippen molar-refractivity contribution in [3.8, 4) is 0 Å². The van der Waals surface area contributed by atoms with Crippen LogP contribution in [0.3, 0.4) is 0 Å². The van der Waals surface area contributed by atoms with Crippen molar-refractivity contribution >= 4 is 44.7 Å². The molecule has 2 aliphatic rings. The number of hydrogen-bond donors (Lipinski definition) is 1. The minimum atomic E-state index is -2.97. The van der Waals surface area contributed by atoms with Gasteiger partial charge in [0.2, 0.25) is 0 Å². The normalized spacial score (nSPS) is 21.0. The summed E-state index contributed by atoms with van der Waals surface area (Å²) in [5.74, 6) is -0.689. The first-order valence-electron chi connectivity index (χ1n) is 10.8. The first-order chi connectivity index (χ1) is 15.0. The molecule has 0 radical (unpaired) electrons. The van der Waals surface area contributed by atoms with Crippen LogP contribution in [0.4, 0.5) is 5.69 Å². The number of carbonyl (C=O) groups excluding carboxylic acids is 2. The van der Waals surface area contributed by atoms with Crippen molar-refractivity contribution in [1.29, 1.82) is 0 Å². The summed E-state index contributed by atoms with van der Waals surface area (Å²) in [5, 5.41) is 3.29. The van der Waals surface area contributed by atoms with E-state index in [4.69, 9.17) is 11.6 Å². The Morgan fingerprint density at radius 2 is 1.88 bits per heavy atom. The second-order valence-corrected chi connectivity index (χ2v) is 11.2. The number of hydrogen-bond acceptors (Lipinski definition) is 5. The van der Waals surface area contributed by atoms with Crippen LogP contribution in [0, 0.1) is 12.8 Å². The van der Waals surface area contributed by atoms with Gasteiger partial charge in [0, 0.05) is 41.1 Å². The third-order valence-electron chi connectivity index (χ3n) is 6.24. The van der Waals surface area contributed by atoms with E-state index >= 15 is 0 Å². The van der Waals surface area contributed by atoms with Crippen molar-refractivity contribution < 1.29 is 18.0 Å². The molecule has 0 aliphatic carbocycles. The van der Waals surface area contributed by atoms with E-state index < -0.39 is 15.8 Å². The largest absolute Gasteiger partial charge is 0.368 e. The zero-order chi connectivity index (χ0) is 23.6. The molecule has 0 spiro atoms. The molecule has 2 aliphatic heterocycles. The highest BCUT2D eigenvalue weighted by molar-refractivity contribution is 7.91. The van der Waals surface area contributed by atoms with Crippen molar-refractivity contribution in [2.45, 2.75) is 46.6 Å². The molecule has 3 rings (SSSR count). The standard InChI is InChI=1S/C23H30ClN3O4S/c1-5-27(18-6-8-32(30,31)9-7-18)21-12-17(24)11-19(16(21)4)22(28)25-13-20-14(2)10-15(3)26-23(20)29/h10-12,18,20H,5-9,13H2,1-4H3,(H,25,28). The minimum absolute atomic E-state index is 0.0744. The fraction of sp³-hybridized carbons (Fsp3) is 0.522. The number of benzene rings is 1. The molecule has 1 fully saturated rings. The molecule has 1 saturated heterocycles. The first kappa shape index (κ1) is 24.5. The Kier molecular flexibility index (Phi) is 7.45. The number of amides is 2. The third-order valence-corrected chi connectivity index (χ3v) is 8.18. The smallest absolute Gasteiger partial charge is 0.254 e. The summed E-state index contributed by atoms with van der Waals surface area (Å²) in [6.07, 6.45) is 2.96. The fourth-order valence-corrected chi connectivity index (χ4v) is 6.14. The average Bonchev–Trinajstić information content (AvgIpc) is 2.70. The Morgan fingerprint density at radius 3 is 2.47 bits per heavy atom. The number of dihydropyridines is 1. The predicted molar refractivity (Wildman–Crippen MR) is 129 cm³/mol. The van der Waals surface area contributed by atoms with Crippen molar-refractivity contribution in [2.24, 2.45) is 10.9 Å². The quantitative estimate of drug-likeness (QED) is 0.675. The number of rotatable bonds is 6. The lowest BCUT2D eigenvalue weighted by Gasteiger charge is -2.36. The Bertz CT molecular complexity index is 1080. The van der Waals surface area contributed by atoms with E-state index in [9.17, 15) is 18.0 Å². The summed E-state index contributed by atoms with van der Waals surface area (Å²) in [5.41, 5.74) is 3.59. The highest BCUT2D eigenvalue weighted by Crippen LogP contribution is 2.32. The molecular weight excluding hydrogens is 450 g/mol. The summed E-state index contributed by atoms with van der Waals surface area (Å²) >= 11 is 6.38. The van der Waals surface area contributed by atoms with E-state index in [1.807, 2.05) is 32.9 Å². The van der Waals surface area contributed by atoms with Crippen LogP contribution in [-0.4, -0.2) is 56.6 Å². The van der Waals surface area contributed by atoms with Gasteiger partial charge in [-0.3, -0.25) is 9.59 Å². The molecule has 2 heterocycles. The van der Waals surface area contributed by atoms with Crippen LogP contribution in [0.15, 0.2) is 28.8 Å². The van der Waals surface area contributed by atoms with Crippen LogP contribution in [0.1, 0.15) is 49.5 Å². The van der Waals surface area contributed by atoms with Gasteiger partial charge in [0.15, 0.2) is 0 Å². The van der Waals surface area contributed by atoms with Gasteiger partial charge in [-0.1, -0.05) is 17.2 Å². The summed E-state index contributed by atoms with van der Waals surface area (Å²) in [4.78, 5) is 31.4. The molecule has 9 heteroatoms. The number of nitrogens with zero attached hydrogens (tertiary/aromatic N) is 2. The Morgan fingerprint density at radius 1 is 1.22 bits per heavy atom. The van der Waals surface area contributed by atoms with E-state index in [-0.39, 0.29) is 35.9 Å². The maximum Gasteiger partial charge on any atom is 0.254 e. The molecule has 1 N–H and O–H groups in total. The molecule has 1 unspecified atom stereocenters. The number of halogens is 1. The van der Waals surface area contributed by atoms with Crippen molar-refractivity contribution in [2.75, 3.05) is 29.5 Å². The molecule has 2 amide bonds. The number of nitrogens with one attached hydrogen (secondary N) is 1. The van der Waals surface area contributed by atoms with E-state index in [1.165, 1.54) is 0 Å². The van der Waals surface area contributed by atoms with Crippen LogP contribution in [-0.2, 0) is 14.6 Å². The van der Waals surface area contributed by atoms with Gasteiger partial charge in [-0.15, -0.1) is 0 Å². The Hall–Kier alpha value is -2.19. The van der Waals surface area contributed by atoms with Crippen LogP contribution < -0.4 is 10.2 Å². The molecule has 174 valence electrons. The topological polar surface area (TPSA) is 95.9 Å². The lowest BCUT2D eigenvalue weighted by atomic mass is 9.95. The number of anilines is 1. The second-order valence-electron chi connectivity index (χ2n) is 8.51. The molecule has 1 aromatic rings. The van der Waals surface area contributed by atoms with Crippen molar-refractivity contribution in [3.63, 3.8) is 0 Å². The van der Waals surface area contributed by atoms with Crippen LogP contribution in [0.25, 0.3) is 0 Å². The molecule has 32 heavy (non-hydrogen) atoms. The van der Waals surface area contributed by atoms with Gasteiger partial charge in [-0.05, 0) is 64.3 Å². The molecule has 7 nitrogen and oxygen atoms in total. The molecule has 0 aromatic heterocycles. The first-order valence-corrected chi connectivity index (χ1v) is 13.0. The molecule has 1 atom stereocenters. The van der Waals surface area contributed by atoms with E-state index in [0.29, 0.717) is 35.7 Å². The van der Waals surface area contributed by atoms with Crippen LogP contribution in [0.2, 0.25) is 5.02 Å². The van der Waals surface area contributed by atoms with Gasteiger partial charge < -0.3 is 10.2 Å². The van der Waals surface area contributed by atoms with Gasteiger partial charge in [0.1, 0.15) is 9.84 Å². The van der Waals surface area contributed by atoms with Gasteiger partial charge in [-0.25, -0.2) is 13.4 Å². The highest BCUT2D eigenvalue weighted by atomic mass is 35.5. The Labute approximate surface area is 194 Å². The lowest BCUT2D eigenvalue weighted by molar-refractivity contribution is -0.120. The zero-order valence-corrected chi connectivity index (χ0v) is 20.5. The molecule has 0 saturated carbocycles. The molecule has 1 aromatic carbocycles. The summed E-state index contributed by atoms with van der Waals surface area (Å²) < 4.78 is 23.7. The fourth-order valence-electron chi connectivity index (χ4n) is 4.46. The van der Waals surface area contributed by atoms with Crippen LogP contribution in [0.5, 0.6) is 0 Å². The van der Waals surface area contributed by atoms with E-state index in [1.54, 1.807) is 13.0 Å². The lowest BCUT2D eigenvalue weighted by Crippen LogP contribution is -2.42. The average molecular weight is 480 g/mol. The van der Waals surface area contributed by atoms with Gasteiger partial charge in [0.05, 0.1) is 17.4 Å². The highest BCUT2D eigenvalue weighted by Gasteiger charge is 2.30. The van der Waals surface area contributed by atoms with Crippen molar-refractivity contribution in [3.05, 3.63) is 39.9 Å². The number of sulfone groups is 1.